The van der Waals surface area contributed by atoms with Crippen molar-refractivity contribution >= 4 is 11.0 Å². The maximum atomic E-state index is 4.33. The van der Waals surface area contributed by atoms with Crippen molar-refractivity contribution in [1.29, 1.82) is 0 Å². The number of rotatable bonds is 6. The van der Waals surface area contributed by atoms with Crippen LogP contribution in [0.25, 0.3) is 11.0 Å². The Labute approximate surface area is 114 Å². The number of aromatic nitrogens is 2. The Balaban J connectivity index is 2.08. The van der Waals surface area contributed by atoms with Gasteiger partial charge < -0.3 is 9.80 Å². The molecule has 4 nitrogen and oxygen atoms in total. The maximum Gasteiger partial charge on any atom is 0.0890 e. The summed E-state index contributed by atoms with van der Waals surface area (Å²) in [6.07, 6.45) is 5.34. The molecule has 4 heteroatoms. The molecule has 0 radical (unpaired) electrons. The maximum absolute atomic E-state index is 4.33. The van der Waals surface area contributed by atoms with Gasteiger partial charge in [0, 0.05) is 32.0 Å². The van der Waals surface area contributed by atoms with Gasteiger partial charge in [-0.2, -0.15) is 0 Å². The smallest absolute Gasteiger partial charge is 0.0890 e. The van der Waals surface area contributed by atoms with E-state index in [-0.39, 0.29) is 0 Å². The molecule has 1 aromatic heterocycles. The number of hydrogen-bond donors (Lipinski definition) is 0. The lowest BCUT2D eigenvalue weighted by molar-refractivity contribution is 0.303. The van der Waals surface area contributed by atoms with Crippen LogP contribution in [-0.4, -0.2) is 47.0 Å². The monoisotopic (exact) mass is 256 g/mol. The van der Waals surface area contributed by atoms with Crippen LogP contribution in [0.4, 0.5) is 0 Å². The minimum absolute atomic E-state index is 0.851. The second kappa shape index (κ2) is 6.29. The van der Waals surface area contributed by atoms with Crippen LogP contribution in [0.15, 0.2) is 43.4 Å². The molecule has 19 heavy (non-hydrogen) atoms. The number of fused-ring (bicyclic) bond motifs is 1. The molecule has 0 fully saturated rings. The van der Waals surface area contributed by atoms with Crippen LogP contribution in [0, 0.1) is 0 Å². The van der Waals surface area contributed by atoms with Crippen LogP contribution in [0.5, 0.6) is 0 Å². The fraction of sp³-hybridized carbons (Fsp3) is 0.333. The summed E-state index contributed by atoms with van der Waals surface area (Å²) < 4.78 is 0. The summed E-state index contributed by atoms with van der Waals surface area (Å²) in [6.45, 7) is 6.71. The van der Waals surface area contributed by atoms with Gasteiger partial charge in [0.25, 0.3) is 0 Å². The van der Waals surface area contributed by atoms with Gasteiger partial charge in [0.05, 0.1) is 11.0 Å². The minimum atomic E-state index is 0.851. The fourth-order valence-electron chi connectivity index (χ4n) is 1.91. The lowest BCUT2D eigenvalue weighted by Gasteiger charge is -2.22. The van der Waals surface area contributed by atoms with E-state index in [0.29, 0.717) is 0 Å². The normalized spacial score (nSPS) is 10.9. The van der Waals surface area contributed by atoms with Crippen molar-refractivity contribution in [3.63, 3.8) is 0 Å². The summed E-state index contributed by atoms with van der Waals surface area (Å²) in [4.78, 5) is 13.0. The predicted molar refractivity (Wildman–Crippen MR) is 78.7 cm³/mol. The van der Waals surface area contributed by atoms with Crippen LogP contribution in [0.3, 0.4) is 0 Å². The van der Waals surface area contributed by atoms with Crippen molar-refractivity contribution in [2.45, 2.75) is 6.54 Å². The topological polar surface area (TPSA) is 32.3 Å². The molecular formula is C15H20N4. The Hall–Kier alpha value is -1.94. The zero-order chi connectivity index (χ0) is 13.7. The molecule has 0 bridgehead atoms. The zero-order valence-electron chi connectivity index (χ0n) is 11.6. The van der Waals surface area contributed by atoms with Crippen LogP contribution in [-0.2, 0) is 6.54 Å². The van der Waals surface area contributed by atoms with Crippen molar-refractivity contribution < 1.29 is 0 Å². The van der Waals surface area contributed by atoms with Crippen LogP contribution >= 0.6 is 0 Å². The fourth-order valence-corrected chi connectivity index (χ4v) is 1.91. The summed E-state index contributed by atoms with van der Waals surface area (Å²) in [7, 11) is 4.15. The lowest BCUT2D eigenvalue weighted by atomic mass is 10.2. The van der Waals surface area contributed by atoms with Gasteiger partial charge in [-0.25, -0.2) is 0 Å². The summed E-state index contributed by atoms with van der Waals surface area (Å²) in [5.74, 6) is 0. The Bertz CT molecular complexity index is 551. The van der Waals surface area contributed by atoms with E-state index in [1.165, 1.54) is 5.56 Å². The van der Waals surface area contributed by atoms with E-state index < -0.39 is 0 Å². The highest BCUT2D eigenvalue weighted by molar-refractivity contribution is 5.74. The molecule has 100 valence electrons. The first-order valence-corrected chi connectivity index (χ1v) is 6.40. The highest BCUT2D eigenvalue weighted by atomic mass is 15.2. The van der Waals surface area contributed by atoms with Gasteiger partial charge in [0.15, 0.2) is 0 Å². The third-order valence-corrected chi connectivity index (χ3v) is 3.01. The van der Waals surface area contributed by atoms with Gasteiger partial charge in [-0.05, 0) is 38.0 Å². The molecule has 0 unspecified atom stereocenters. The minimum Gasteiger partial charge on any atom is -0.372 e. The van der Waals surface area contributed by atoms with Crippen molar-refractivity contribution in [2.24, 2.45) is 0 Å². The molecular weight excluding hydrogens is 236 g/mol. The van der Waals surface area contributed by atoms with E-state index in [1.807, 2.05) is 12.3 Å². The number of benzene rings is 1. The molecule has 0 saturated heterocycles. The summed E-state index contributed by atoms with van der Waals surface area (Å²) in [5, 5.41) is 0. The number of likely N-dealkylation sites (N-methyl/N-ethyl adjacent to an activating group) is 1. The van der Waals surface area contributed by atoms with E-state index in [4.69, 9.17) is 0 Å². The zero-order valence-corrected chi connectivity index (χ0v) is 11.6. The van der Waals surface area contributed by atoms with E-state index in [0.717, 1.165) is 30.7 Å². The lowest BCUT2D eigenvalue weighted by Crippen LogP contribution is -2.27. The number of nitrogens with zero attached hydrogens (tertiary/aromatic N) is 4. The third kappa shape index (κ3) is 3.76. The Kier molecular flexibility index (Phi) is 4.47. The SMILES string of the molecule is C=CN(CCN(C)C)Cc1ccc2nccnc2c1. The van der Waals surface area contributed by atoms with E-state index >= 15 is 0 Å². The second-order valence-corrected chi connectivity index (χ2v) is 4.84. The first-order chi connectivity index (χ1) is 9.19. The van der Waals surface area contributed by atoms with E-state index in [9.17, 15) is 0 Å². The molecule has 0 aliphatic heterocycles. The van der Waals surface area contributed by atoms with E-state index in [1.54, 1.807) is 12.4 Å². The summed E-state index contributed by atoms with van der Waals surface area (Å²) in [6, 6.07) is 6.21. The Morgan fingerprint density at radius 1 is 1.11 bits per heavy atom. The Morgan fingerprint density at radius 3 is 2.53 bits per heavy atom. The summed E-state index contributed by atoms with van der Waals surface area (Å²) in [5.41, 5.74) is 3.10. The van der Waals surface area contributed by atoms with Gasteiger partial charge in [0.1, 0.15) is 0 Å². The first kappa shape index (κ1) is 13.5. The molecule has 1 heterocycles. The average molecular weight is 256 g/mol. The summed E-state index contributed by atoms with van der Waals surface area (Å²) >= 11 is 0. The van der Waals surface area contributed by atoms with Gasteiger partial charge in [0.2, 0.25) is 0 Å². The largest absolute Gasteiger partial charge is 0.372 e. The standard InChI is InChI=1S/C15H20N4/c1-4-19(10-9-18(2)3)12-13-5-6-14-15(11-13)17-8-7-16-14/h4-8,11H,1,9-10,12H2,2-3H3. The molecule has 0 amide bonds. The predicted octanol–water partition coefficient (Wildman–Crippen LogP) is 2.14. The molecule has 0 N–H and O–H groups in total. The molecule has 2 aromatic rings. The van der Waals surface area contributed by atoms with Crippen LogP contribution in [0.2, 0.25) is 0 Å². The molecule has 1 aromatic carbocycles. The van der Waals surface area contributed by atoms with Crippen molar-refractivity contribution in [2.75, 3.05) is 27.2 Å². The number of hydrogen-bond acceptors (Lipinski definition) is 4. The third-order valence-electron chi connectivity index (χ3n) is 3.01. The highest BCUT2D eigenvalue weighted by Gasteiger charge is 2.03. The van der Waals surface area contributed by atoms with Crippen LogP contribution in [0.1, 0.15) is 5.56 Å². The van der Waals surface area contributed by atoms with Crippen LogP contribution < -0.4 is 0 Å². The molecule has 0 atom stereocenters. The molecule has 0 aliphatic carbocycles. The van der Waals surface area contributed by atoms with Crippen molar-refractivity contribution in [3.8, 4) is 0 Å². The quantitative estimate of drug-likeness (QED) is 0.792. The van der Waals surface area contributed by atoms with Gasteiger partial charge >= 0.3 is 0 Å². The average Bonchev–Trinajstić information content (AvgIpc) is 2.43. The Morgan fingerprint density at radius 2 is 1.84 bits per heavy atom. The van der Waals surface area contributed by atoms with Gasteiger partial charge in [-0.15, -0.1) is 0 Å². The molecule has 0 aliphatic rings. The van der Waals surface area contributed by atoms with Crippen molar-refractivity contribution in [3.05, 3.63) is 48.9 Å². The molecule has 0 saturated carbocycles. The molecule has 0 spiro atoms. The van der Waals surface area contributed by atoms with Gasteiger partial charge in [-0.1, -0.05) is 12.6 Å². The van der Waals surface area contributed by atoms with Crippen molar-refractivity contribution in [1.82, 2.24) is 19.8 Å². The molecule has 2 rings (SSSR count). The van der Waals surface area contributed by atoms with E-state index in [2.05, 4.69) is 52.6 Å². The van der Waals surface area contributed by atoms with Gasteiger partial charge in [-0.3, -0.25) is 9.97 Å². The second-order valence-electron chi connectivity index (χ2n) is 4.84. The first-order valence-electron chi connectivity index (χ1n) is 6.40. The highest BCUT2D eigenvalue weighted by Crippen LogP contribution is 2.12.